The Labute approximate surface area is 162 Å². The Balaban J connectivity index is 1.61. The van der Waals surface area contributed by atoms with Crippen LogP contribution in [0.5, 0.6) is 0 Å². The highest BCUT2D eigenvalue weighted by Gasteiger charge is 2.39. The first-order chi connectivity index (χ1) is 13.0. The van der Waals surface area contributed by atoms with Gasteiger partial charge in [0, 0.05) is 45.8 Å². The number of carbonyl (C=O) groups excluding carboxylic acids is 2. The van der Waals surface area contributed by atoms with Gasteiger partial charge in [0.15, 0.2) is 0 Å². The maximum Gasteiger partial charge on any atom is 0.227 e. The molecule has 2 fully saturated rings. The van der Waals surface area contributed by atoms with Crippen LogP contribution < -0.4 is 0 Å². The lowest BCUT2D eigenvalue weighted by molar-refractivity contribution is -0.144. The zero-order chi connectivity index (χ0) is 19.4. The molecule has 5 heteroatoms. The molecule has 1 aromatic carbocycles. The fourth-order valence-electron chi connectivity index (χ4n) is 4.51. The van der Waals surface area contributed by atoms with Gasteiger partial charge in [0.1, 0.15) is 0 Å². The monoisotopic (exact) mass is 372 g/mol. The van der Waals surface area contributed by atoms with Crippen molar-refractivity contribution < 1.29 is 14.3 Å². The summed E-state index contributed by atoms with van der Waals surface area (Å²) in [4.78, 5) is 29.3. The van der Waals surface area contributed by atoms with Crippen LogP contribution in [0.4, 0.5) is 0 Å². The summed E-state index contributed by atoms with van der Waals surface area (Å²) < 4.78 is 5.14. The van der Waals surface area contributed by atoms with Gasteiger partial charge in [-0.15, -0.1) is 0 Å². The van der Waals surface area contributed by atoms with Crippen LogP contribution in [0.2, 0.25) is 0 Å². The van der Waals surface area contributed by atoms with Crippen molar-refractivity contribution >= 4 is 11.8 Å². The van der Waals surface area contributed by atoms with Crippen molar-refractivity contribution in [1.29, 1.82) is 0 Å². The molecule has 0 aliphatic carbocycles. The van der Waals surface area contributed by atoms with E-state index < -0.39 is 0 Å². The Morgan fingerprint density at radius 2 is 2.07 bits per heavy atom. The zero-order valence-electron chi connectivity index (χ0n) is 16.9. The number of methoxy groups -OCH3 is 1. The van der Waals surface area contributed by atoms with Crippen LogP contribution in [0.15, 0.2) is 18.2 Å². The van der Waals surface area contributed by atoms with Crippen molar-refractivity contribution in [2.24, 2.45) is 5.92 Å². The maximum atomic E-state index is 12.9. The van der Waals surface area contributed by atoms with Crippen molar-refractivity contribution in [2.45, 2.75) is 52.0 Å². The van der Waals surface area contributed by atoms with Crippen LogP contribution in [0.1, 0.15) is 42.4 Å². The minimum atomic E-state index is 0.213. The Morgan fingerprint density at radius 3 is 2.85 bits per heavy atom. The smallest absolute Gasteiger partial charge is 0.227 e. The second-order valence-electron chi connectivity index (χ2n) is 8.03. The van der Waals surface area contributed by atoms with Gasteiger partial charge in [0.2, 0.25) is 11.8 Å². The van der Waals surface area contributed by atoms with Gasteiger partial charge in [0.05, 0.1) is 6.42 Å². The Bertz CT molecular complexity index is 688. The van der Waals surface area contributed by atoms with Gasteiger partial charge >= 0.3 is 0 Å². The lowest BCUT2D eigenvalue weighted by Gasteiger charge is -2.47. The van der Waals surface area contributed by atoms with Crippen molar-refractivity contribution in [1.82, 2.24) is 9.80 Å². The maximum absolute atomic E-state index is 12.9. The number of rotatable bonds is 6. The van der Waals surface area contributed by atoms with Gasteiger partial charge in [0.25, 0.3) is 0 Å². The molecule has 1 aromatic rings. The van der Waals surface area contributed by atoms with Gasteiger partial charge in [-0.2, -0.15) is 0 Å². The van der Waals surface area contributed by atoms with Gasteiger partial charge in [-0.05, 0) is 50.2 Å². The van der Waals surface area contributed by atoms with Crippen molar-refractivity contribution in [2.75, 3.05) is 33.4 Å². The average Bonchev–Trinajstić information content (AvgIpc) is 2.66. The van der Waals surface area contributed by atoms with Crippen molar-refractivity contribution in [3.8, 4) is 0 Å². The lowest BCUT2D eigenvalue weighted by atomic mass is 9.83. The minimum Gasteiger partial charge on any atom is -0.385 e. The van der Waals surface area contributed by atoms with Crippen molar-refractivity contribution in [3.05, 3.63) is 34.9 Å². The van der Waals surface area contributed by atoms with Crippen LogP contribution >= 0.6 is 0 Å². The topological polar surface area (TPSA) is 49.9 Å². The first-order valence-electron chi connectivity index (χ1n) is 10.1. The van der Waals surface area contributed by atoms with Gasteiger partial charge in [-0.1, -0.05) is 23.8 Å². The molecule has 0 aromatic heterocycles. The highest BCUT2D eigenvalue weighted by atomic mass is 16.5. The number of carbonyl (C=O) groups is 2. The number of piperidine rings is 2. The number of hydrogen-bond acceptors (Lipinski definition) is 3. The summed E-state index contributed by atoms with van der Waals surface area (Å²) in [5, 5.41) is 0. The summed E-state index contributed by atoms with van der Waals surface area (Å²) in [6.07, 6.45) is 3.74. The summed E-state index contributed by atoms with van der Waals surface area (Å²) >= 11 is 0. The number of hydrogen-bond donors (Lipinski definition) is 0. The van der Waals surface area contributed by atoms with Crippen LogP contribution in [-0.2, 0) is 20.7 Å². The summed E-state index contributed by atoms with van der Waals surface area (Å²) in [6.45, 7) is 7.11. The SMILES string of the molecule is COCCCN1C(=O)CC[C@H]2CN(C(=O)Cc3cc(C)ccc3C)CC[C@H]21. The molecule has 5 nitrogen and oxygen atoms in total. The largest absolute Gasteiger partial charge is 0.385 e. The van der Waals surface area contributed by atoms with Gasteiger partial charge < -0.3 is 14.5 Å². The Hall–Kier alpha value is -1.88. The molecule has 2 aliphatic rings. The number of fused-ring (bicyclic) bond motifs is 1. The number of ether oxygens (including phenoxy) is 1. The fraction of sp³-hybridized carbons (Fsp3) is 0.636. The molecule has 3 rings (SSSR count). The summed E-state index contributed by atoms with van der Waals surface area (Å²) in [5.41, 5.74) is 3.50. The molecule has 0 saturated carbocycles. The number of likely N-dealkylation sites (tertiary alicyclic amines) is 2. The highest BCUT2D eigenvalue weighted by Crippen LogP contribution is 2.31. The molecule has 2 saturated heterocycles. The predicted molar refractivity (Wildman–Crippen MR) is 106 cm³/mol. The molecule has 0 radical (unpaired) electrons. The third-order valence-corrected chi connectivity index (χ3v) is 6.09. The van der Waals surface area contributed by atoms with Crippen molar-refractivity contribution in [3.63, 3.8) is 0 Å². The fourth-order valence-corrected chi connectivity index (χ4v) is 4.51. The average molecular weight is 373 g/mol. The van der Waals surface area contributed by atoms with Crippen LogP contribution in [0.3, 0.4) is 0 Å². The molecule has 2 atom stereocenters. The summed E-state index contributed by atoms with van der Waals surface area (Å²) in [6, 6.07) is 6.59. The summed E-state index contributed by atoms with van der Waals surface area (Å²) in [7, 11) is 1.70. The predicted octanol–water partition coefficient (Wildman–Crippen LogP) is 2.72. The lowest BCUT2D eigenvalue weighted by Crippen LogP contribution is -2.57. The molecule has 148 valence electrons. The van der Waals surface area contributed by atoms with E-state index in [-0.39, 0.29) is 17.9 Å². The Morgan fingerprint density at radius 1 is 1.26 bits per heavy atom. The van der Waals surface area contributed by atoms with Crippen LogP contribution in [0, 0.1) is 19.8 Å². The van der Waals surface area contributed by atoms with E-state index in [0.717, 1.165) is 44.5 Å². The molecule has 0 spiro atoms. The molecule has 2 aliphatic heterocycles. The summed E-state index contributed by atoms with van der Waals surface area (Å²) in [5.74, 6) is 0.883. The molecular formula is C22H32N2O3. The molecule has 0 unspecified atom stereocenters. The molecule has 2 heterocycles. The van der Waals surface area contributed by atoms with E-state index in [1.54, 1.807) is 7.11 Å². The molecule has 2 amide bonds. The van der Waals surface area contributed by atoms with E-state index in [2.05, 4.69) is 36.9 Å². The van der Waals surface area contributed by atoms with Crippen LogP contribution in [-0.4, -0.2) is 61.0 Å². The quantitative estimate of drug-likeness (QED) is 0.722. The van der Waals surface area contributed by atoms with E-state index in [4.69, 9.17) is 4.74 Å². The normalized spacial score (nSPS) is 22.7. The molecule has 0 bridgehead atoms. The number of nitrogens with zero attached hydrogens (tertiary/aromatic N) is 2. The van der Waals surface area contributed by atoms with E-state index in [0.29, 0.717) is 25.4 Å². The zero-order valence-corrected chi connectivity index (χ0v) is 16.9. The second-order valence-corrected chi connectivity index (χ2v) is 8.03. The van der Waals surface area contributed by atoms with Gasteiger partial charge in [-0.25, -0.2) is 0 Å². The highest BCUT2D eigenvalue weighted by molar-refractivity contribution is 5.80. The number of benzene rings is 1. The first-order valence-corrected chi connectivity index (χ1v) is 10.1. The van der Waals surface area contributed by atoms with Gasteiger partial charge in [-0.3, -0.25) is 9.59 Å². The van der Waals surface area contributed by atoms with E-state index in [1.165, 1.54) is 11.1 Å². The third kappa shape index (κ3) is 4.70. The third-order valence-electron chi connectivity index (χ3n) is 6.09. The van der Waals surface area contributed by atoms with E-state index >= 15 is 0 Å². The van der Waals surface area contributed by atoms with Crippen LogP contribution in [0.25, 0.3) is 0 Å². The molecule has 27 heavy (non-hydrogen) atoms. The standard InChI is InChI=1S/C22H32N2O3/c1-16-5-6-17(2)19(13-16)14-22(26)23-11-9-20-18(15-23)7-8-21(25)24(20)10-4-12-27-3/h5-6,13,18,20H,4,7-12,14-15H2,1-3H3/t18-,20+/m0/s1. The first kappa shape index (κ1) is 19.9. The van der Waals surface area contributed by atoms with E-state index in [9.17, 15) is 9.59 Å². The Kier molecular flexibility index (Phi) is 6.53. The molecule has 0 N–H and O–H groups in total. The number of aryl methyl sites for hydroxylation is 2. The van der Waals surface area contributed by atoms with E-state index in [1.807, 2.05) is 4.90 Å². The minimum absolute atomic E-state index is 0.213. The molecular weight excluding hydrogens is 340 g/mol. The number of amides is 2. The second kappa shape index (κ2) is 8.87.